The minimum absolute atomic E-state index is 1.03. The lowest BCUT2D eigenvalue weighted by Crippen LogP contribution is -2.42. The summed E-state index contributed by atoms with van der Waals surface area (Å²) in [5.74, 6) is 0. The minimum Gasteiger partial charge on any atom is -0.300 e. The summed E-state index contributed by atoms with van der Waals surface area (Å²) in [4.78, 5) is 2.58. The molecule has 0 amide bonds. The van der Waals surface area contributed by atoms with E-state index in [0.717, 1.165) is 6.04 Å². The third-order valence-electron chi connectivity index (χ3n) is 2.25. The summed E-state index contributed by atoms with van der Waals surface area (Å²) in [5.41, 5.74) is 0. The maximum absolute atomic E-state index is 2.58. The Morgan fingerprint density at radius 1 is 0.909 bits per heavy atom. The molecule has 0 aromatic rings. The second-order valence-electron chi connectivity index (χ2n) is 2.62. The Kier molecular flexibility index (Phi) is 6.63. The van der Waals surface area contributed by atoms with Gasteiger partial charge in [-0.15, -0.1) is 0 Å². The first-order valence-electron chi connectivity index (χ1n) is 5.21. The maximum Gasteiger partial charge on any atom is 0.0108 e. The molecular weight excluding hydrogens is 134 g/mol. The van der Waals surface area contributed by atoms with E-state index in [9.17, 15) is 0 Å². The van der Waals surface area contributed by atoms with Gasteiger partial charge in [0.2, 0.25) is 0 Å². The fraction of sp³-hybridized carbons (Fsp3) is 1.00. The van der Waals surface area contributed by atoms with Crippen LogP contribution in [0.2, 0.25) is 0 Å². The average molecular weight is 157 g/mol. The first-order chi connectivity index (χ1) is 5.47. The van der Waals surface area contributed by atoms with Crippen molar-refractivity contribution in [3.8, 4) is 0 Å². The second kappa shape index (κ2) is 6.66. The predicted molar refractivity (Wildman–Crippen MR) is 51.9 cm³/mol. The Labute approximate surface area is 71.8 Å². The van der Waals surface area contributed by atoms with Crippen molar-refractivity contribution in [2.75, 3.05) is 13.1 Å². The van der Waals surface area contributed by atoms with Crippen LogP contribution in [0.4, 0.5) is 0 Å². The van der Waals surface area contributed by atoms with Gasteiger partial charge < -0.3 is 4.90 Å². The number of fused-ring (bicyclic) bond motifs is 1. The highest BCUT2D eigenvalue weighted by Gasteiger charge is 2.31. The topological polar surface area (TPSA) is 3.24 Å². The van der Waals surface area contributed by atoms with Gasteiger partial charge in [0.1, 0.15) is 0 Å². The zero-order valence-corrected chi connectivity index (χ0v) is 8.56. The Morgan fingerprint density at radius 3 is 1.73 bits per heavy atom. The molecule has 0 aromatic heterocycles. The fourth-order valence-electron chi connectivity index (χ4n) is 1.65. The standard InChI is InChI=1S/C6H11N.2C2H6/c1-2-6-3-5-7(6)4-1;2*1-2/h6H,1-5H2;2*1-2H3. The summed E-state index contributed by atoms with van der Waals surface area (Å²) >= 11 is 0. The number of hydrogen-bond donors (Lipinski definition) is 0. The molecule has 2 rings (SSSR count). The van der Waals surface area contributed by atoms with Crippen molar-refractivity contribution in [1.82, 2.24) is 4.90 Å². The molecule has 1 nitrogen and oxygen atoms in total. The average Bonchev–Trinajstić information content (AvgIpc) is 2.39. The van der Waals surface area contributed by atoms with E-state index in [1.165, 1.54) is 32.4 Å². The summed E-state index contributed by atoms with van der Waals surface area (Å²) < 4.78 is 0. The van der Waals surface area contributed by atoms with E-state index in [2.05, 4.69) is 4.90 Å². The molecule has 0 N–H and O–H groups in total. The lowest BCUT2D eigenvalue weighted by molar-refractivity contribution is 0.141. The first kappa shape index (κ1) is 11.0. The summed E-state index contributed by atoms with van der Waals surface area (Å²) in [7, 11) is 0. The van der Waals surface area contributed by atoms with Crippen LogP contribution in [0.1, 0.15) is 47.0 Å². The minimum atomic E-state index is 1.03. The second-order valence-corrected chi connectivity index (χ2v) is 2.62. The van der Waals surface area contributed by atoms with Gasteiger partial charge in [0, 0.05) is 6.04 Å². The molecular formula is C10H23N. The Bertz CT molecular complexity index is 70.9. The number of rotatable bonds is 0. The monoisotopic (exact) mass is 157 g/mol. The van der Waals surface area contributed by atoms with Crippen LogP contribution in [0.5, 0.6) is 0 Å². The van der Waals surface area contributed by atoms with E-state index < -0.39 is 0 Å². The summed E-state index contributed by atoms with van der Waals surface area (Å²) in [6.45, 7) is 10.8. The maximum atomic E-state index is 2.58. The highest BCUT2D eigenvalue weighted by atomic mass is 15.2. The van der Waals surface area contributed by atoms with Crippen LogP contribution in [0.15, 0.2) is 0 Å². The summed E-state index contributed by atoms with van der Waals surface area (Å²) in [5, 5.41) is 0. The Hall–Kier alpha value is -0.0400. The van der Waals surface area contributed by atoms with Gasteiger partial charge in [0.15, 0.2) is 0 Å². The number of hydrogen-bond acceptors (Lipinski definition) is 1. The molecule has 0 radical (unpaired) electrons. The van der Waals surface area contributed by atoms with Crippen molar-refractivity contribution < 1.29 is 0 Å². The van der Waals surface area contributed by atoms with Crippen molar-refractivity contribution in [2.45, 2.75) is 53.0 Å². The summed E-state index contributed by atoms with van der Waals surface area (Å²) in [6, 6.07) is 1.03. The molecule has 1 atom stereocenters. The molecule has 2 saturated heterocycles. The van der Waals surface area contributed by atoms with Crippen LogP contribution in [0.3, 0.4) is 0 Å². The van der Waals surface area contributed by atoms with E-state index in [4.69, 9.17) is 0 Å². The molecule has 2 aliphatic heterocycles. The van der Waals surface area contributed by atoms with Crippen molar-refractivity contribution in [1.29, 1.82) is 0 Å². The molecule has 0 saturated carbocycles. The van der Waals surface area contributed by atoms with Gasteiger partial charge in [-0.2, -0.15) is 0 Å². The normalized spacial score (nSPS) is 26.7. The van der Waals surface area contributed by atoms with Gasteiger partial charge >= 0.3 is 0 Å². The molecule has 1 heteroatoms. The van der Waals surface area contributed by atoms with Crippen LogP contribution in [-0.4, -0.2) is 24.0 Å². The van der Waals surface area contributed by atoms with Crippen LogP contribution < -0.4 is 0 Å². The molecule has 0 aromatic carbocycles. The van der Waals surface area contributed by atoms with E-state index >= 15 is 0 Å². The van der Waals surface area contributed by atoms with Crippen molar-refractivity contribution in [3.63, 3.8) is 0 Å². The van der Waals surface area contributed by atoms with Crippen molar-refractivity contribution in [2.24, 2.45) is 0 Å². The summed E-state index contributed by atoms with van der Waals surface area (Å²) in [6.07, 6.45) is 4.44. The van der Waals surface area contributed by atoms with Crippen LogP contribution in [-0.2, 0) is 0 Å². The lowest BCUT2D eigenvalue weighted by Gasteiger charge is -2.34. The van der Waals surface area contributed by atoms with Crippen molar-refractivity contribution >= 4 is 0 Å². The largest absolute Gasteiger partial charge is 0.300 e. The molecule has 1 unspecified atom stereocenters. The van der Waals surface area contributed by atoms with Crippen molar-refractivity contribution in [3.05, 3.63) is 0 Å². The fourth-order valence-corrected chi connectivity index (χ4v) is 1.65. The van der Waals surface area contributed by atoms with Crippen LogP contribution in [0, 0.1) is 0 Å². The van der Waals surface area contributed by atoms with Gasteiger partial charge in [-0.25, -0.2) is 0 Å². The van der Waals surface area contributed by atoms with Gasteiger partial charge in [-0.1, -0.05) is 27.7 Å². The van der Waals surface area contributed by atoms with Gasteiger partial charge in [0.05, 0.1) is 0 Å². The zero-order chi connectivity index (χ0) is 8.69. The SMILES string of the molecule is C1CC2CCN2C1.CC.CC. The third-order valence-corrected chi connectivity index (χ3v) is 2.25. The van der Waals surface area contributed by atoms with Crippen LogP contribution >= 0.6 is 0 Å². The first-order valence-corrected chi connectivity index (χ1v) is 5.21. The molecule has 2 aliphatic rings. The Balaban J connectivity index is 0.000000222. The Morgan fingerprint density at radius 2 is 1.55 bits per heavy atom. The van der Waals surface area contributed by atoms with Gasteiger partial charge in [0.25, 0.3) is 0 Å². The van der Waals surface area contributed by atoms with Gasteiger partial charge in [-0.05, 0) is 32.4 Å². The molecule has 0 bridgehead atoms. The van der Waals surface area contributed by atoms with Gasteiger partial charge in [-0.3, -0.25) is 0 Å². The zero-order valence-electron chi connectivity index (χ0n) is 8.56. The van der Waals surface area contributed by atoms with E-state index in [1.54, 1.807) is 0 Å². The van der Waals surface area contributed by atoms with Crippen LogP contribution in [0.25, 0.3) is 0 Å². The van der Waals surface area contributed by atoms with E-state index in [-0.39, 0.29) is 0 Å². The highest BCUT2D eigenvalue weighted by molar-refractivity contribution is 4.87. The molecule has 68 valence electrons. The quantitative estimate of drug-likeness (QED) is 0.522. The molecule has 0 spiro atoms. The lowest BCUT2D eigenvalue weighted by atomic mass is 10.1. The van der Waals surface area contributed by atoms with E-state index in [1.807, 2.05) is 27.7 Å². The highest BCUT2D eigenvalue weighted by Crippen LogP contribution is 2.27. The number of nitrogens with zero attached hydrogens (tertiary/aromatic N) is 1. The van der Waals surface area contributed by atoms with E-state index in [0.29, 0.717) is 0 Å². The predicted octanol–water partition coefficient (Wildman–Crippen LogP) is 2.91. The molecule has 11 heavy (non-hydrogen) atoms. The molecule has 0 aliphatic carbocycles. The smallest absolute Gasteiger partial charge is 0.0108 e. The molecule has 2 heterocycles. The third kappa shape index (κ3) is 2.82. The molecule has 2 fully saturated rings.